The molecule has 0 unspecified atom stereocenters. The molecule has 0 radical (unpaired) electrons. The van der Waals surface area contributed by atoms with E-state index in [9.17, 15) is 9.59 Å². The second-order valence-electron chi connectivity index (χ2n) is 5.41. The molecule has 1 aromatic rings. The molecule has 1 fully saturated rings. The first-order chi connectivity index (χ1) is 10.5. The zero-order valence-electron chi connectivity index (χ0n) is 13.3. The Balaban J connectivity index is 0.00000264. The van der Waals surface area contributed by atoms with E-state index >= 15 is 0 Å². The number of hydrogen-bond donors (Lipinski definition) is 1. The third kappa shape index (κ3) is 5.19. The monoisotopic (exact) mass is 404 g/mol. The Bertz CT molecular complexity index is 568. The van der Waals surface area contributed by atoms with E-state index in [1.54, 1.807) is 12.1 Å². The molecule has 1 amide bonds. The van der Waals surface area contributed by atoms with Crippen molar-refractivity contribution in [2.75, 3.05) is 26.7 Å². The first kappa shape index (κ1) is 19.9. The second kappa shape index (κ2) is 9.25. The van der Waals surface area contributed by atoms with E-state index < -0.39 is 0 Å². The first-order valence-electron chi connectivity index (χ1n) is 7.40. The van der Waals surface area contributed by atoms with Crippen LogP contribution in [0.4, 0.5) is 0 Å². The SMILES string of the molecule is COc1ccc(Br)cc1C(=O)CCC(=O)N1CCNC[C@H]1C.Cl. The molecular formula is C16H22BrClN2O3. The van der Waals surface area contributed by atoms with Gasteiger partial charge in [0, 0.05) is 43.0 Å². The van der Waals surface area contributed by atoms with E-state index in [1.807, 2.05) is 17.9 Å². The minimum Gasteiger partial charge on any atom is -0.496 e. The molecule has 128 valence electrons. The number of rotatable bonds is 5. The molecule has 1 heterocycles. The molecule has 1 N–H and O–H groups in total. The summed E-state index contributed by atoms with van der Waals surface area (Å²) in [5, 5.41) is 3.25. The lowest BCUT2D eigenvalue weighted by atomic mass is 10.0. The Labute approximate surface area is 151 Å². The van der Waals surface area contributed by atoms with Crippen molar-refractivity contribution in [3.05, 3.63) is 28.2 Å². The third-order valence-electron chi connectivity index (χ3n) is 3.85. The van der Waals surface area contributed by atoms with Gasteiger partial charge in [-0.15, -0.1) is 12.4 Å². The van der Waals surface area contributed by atoms with Crippen molar-refractivity contribution in [1.82, 2.24) is 10.2 Å². The number of nitrogens with zero attached hydrogens (tertiary/aromatic N) is 1. The number of methoxy groups -OCH3 is 1. The highest BCUT2D eigenvalue weighted by molar-refractivity contribution is 9.10. The minimum absolute atomic E-state index is 0. The lowest BCUT2D eigenvalue weighted by Gasteiger charge is -2.34. The lowest BCUT2D eigenvalue weighted by molar-refractivity contribution is -0.133. The van der Waals surface area contributed by atoms with Gasteiger partial charge in [0.15, 0.2) is 5.78 Å². The van der Waals surface area contributed by atoms with Crippen LogP contribution in [-0.4, -0.2) is 49.4 Å². The molecule has 0 aliphatic carbocycles. The van der Waals surface area contributed by atoms with E-state index in [0.717, 1.165) is 17.6 Å². The van der Waals surface area contributed by atoms with Gasteiger partial charge in [0.25, 0.3) is 0 Å². The maximum Gasteiger partial charge on any atom is 0.223 e. The molecule has 1 saturated heterocycles. The van der Waals surface area contributed by atoms with Crippen molar-refractivity contribution < 1.29 is 14.3 Å². The van der Waals surface area contributed by atoms with Crippen molar-refractivity contribution in [3.8, 4) is 5.75 Å². The molecule has 5 nitrogen and oxygen atoms in total. The van der Waals surface area contributed by atoms with Gasteiger partial charge in [-0.25, -0.2) is 0 Å². The van der Waals surface area contributed by atoms with Crippen LogP contribution in [0.3, 0.4) is 0 Å². The number of ether oxygens (including phenoxy) is 1. The van der Waals surface area contributed by atoms with Crippen LogP contribution in [-0.2, 0) is 4.79 Å². The molecule has 0 aromatic heterocycles. The molecule has 23 heavy (non-hydrogen) atoms. The van der Waals surface area contributed by atoms with Gasteiger partial charge in [0.1, 0.15) is 5.75 Å². The summed E-state index contributed by atoms with van der Waals surface area (Å²) in [7, 11) is 1.54. The number of amides is 1. The van der Waals surface area contributed by atoms with Gasteiger partial charge in [-0.1, -0.05) is 15.9 Å². The van der Waals surface area contributed by atoms with Crippen LogP contribution in [0, 0.1) is 0 Å². The molecule has 0 saturated carbocycles. The molecule has 0 spiro atoms. The van der Waals surface area contributed by atoms with Gasteiger partial charge in [0.2, 0.25) is 5.91 Å². The molecule has 1 aliphatic rings. The molecule has 1 aliphatic heterocycles. The van der Waals surface area contributed by atoms with Crippen LogP contribution in [0.15, 0.2) is 22.7 Å². The standard InChI is InChI=1S/C16H21BrN2O3.ClH/c1-11-10-18-7-8-19(11)16(21)6-4-14(20)13-9-12(17)3-5-15(13)22-2;/h3,5,9,11,18H,4,6-8,10H2,1-2H3;1H/t11-;/m1./s1. The quantitative estimate of drug-likeness (QED) is 0.765. The molecule has 7 heteroatoms. The van der Waals surface area contributed by atoms with Gasteiger partial charge < -0.3 is 15.0 Å². The lowest BCUT2D eigenvalue weighted by Crippen LogP contribution is -2.52. The third-order valence-corrected chi connectivity index (χ3v) is 4.34. The second-order valence-corrected chi connectivity index (χ2v) is 6.32. The van der Waals surface area contributed by atoms with Crippen LogP contribution in [0.25, 0.3) is 0 Å². The number of Topliss-reactive ketones (excluding diaryl/α,β-unsaturated/α-hetero) is 1. The summed E-state index contributed by atoms with van der Waals surface area (Å²) < 4.78 is 6.03. The molecule has 1 aromatic carbocycles. The van der Waals surface area contributed by atoms with Crippen molar-refractivity contribution in [3.63, 3.8) is 0 Å². The van der Waals surface area contributed by atoms with Crippen LogP contribution in [0.1, 0.15) is 30.1 Å². The number of carbonyl (C=O) groups is 2. The maximum absolute atomic E-state index is 12.4. The molecular weight excluding hydrogens is 384 g/mol. The van der Waals surface area contributed by atoms with Crippen LogP contribution < -0.4 is 10.1 Å². The number of benzene rings is 1. The smallest absolute Gasteiger partial charge is 0.223 e. The zero-order chi connectivity index (χ0) is 16.1. The van der Waals surface area contributed by atoms with Crippen molar-refractivity contribution in [2.45, 2.75) is 25.8 Å². The van der Waals surface area contributed by atoms with E-state index in [4.69, 9.17) is 4.74 Å². The number of halogens is 2. The Morgan fingerprint density at radius 2 is 2.13 bits per heavy atom. The van der Waals surface area contributed by atoms with Gasteiger partial charge in [0.05, 0.1) is 12.7 Å². The maximum atomic E-state index is 12.4. The number of nitrogens with one attached hydrogen (secondary N) is 1. The summed E-state index contributed by atoms with van der Waals surface area (Å²) in [4.78, 5) is 26.5. The van der Waals surface area contributed by atoms with Crippen LogP contribution in [0.2, 0.25) is 0 Å². The normalized spacial score (nSPS) is 17.3. The Morgan fingerprint density at radius 1 is 1.39 bits per heavy atom. The zero-order valence-corrected chi connectivity index (χ0v) is 15.7. The van der Waals surface area contributed by atoms with Gasteiger partial charge in [-0.2, -0.15) is 0 Å². The molecule has 2 rings (SSSR count). The van der Waals surface area contributed by atoms with Crippen molar-refractivity contribution in [1.29, 1.82) is 0 Å². The van der Waals surface area contributed by atoms with Crippen LogP contribution >= 0.6 is 28.3 Å². The first-order valence-corrected chi connectivity index (χ1v) is 8.19. The highest BCUT2D eigenvalue weighted by Gasteiger charge is 2.23. The Morgan fingerprint density at radius 3 is 2.78 bits per heavy atom. The summed E-state index contributed by atoms with van der Waals surface area (Å²) in [5.74, 6) is 0.502. The fourth-order valence-electron chi connectivity index (χ4n) is 2.61. The summed E-state index contributed by atoms with van der Waals surface area (Å²) in [6.45, 7) is 4.33. The Kier molecular flexibility index (Phi) is 8.02. The number of carbonyl (C=O) groups excluding carboxylic acids is 2. The summed E-state index contributed by atoms with van der Waals surface area (Å²) in [6, 6.07) is 5.48. The number of piperazine rings is 1. The fourth-order valence-corrected chi connectivity index (χ4v) is 2.97. The average molecular weight is 406 g/mol. The predicted molar refractivity (Wildman–Crippen MR) is 95.6 cm³/mol. The average Bonchev–Trinajstić information content (AvgIpc) is 2.52. The van der Waals surface area contributed by atoms with Crippen molar-refractivity contribution >= 4 is 40.0 Å². The largest absolute Gasteiger partial charge is 0.496 e. The topological polar surface area (TPSA) is 58.6 Å². The fraction of sp³-hybridized carbons (Fsp3) is 0.500. The van der Waals surface area contributed by atoms with Crippen LogP contribution in [0.5, 0.6) is 5.75 Å². The number of ketones is 1. The minimum atomic E-state index is -0.0747. The molecule has 1 atom stereocenters. The van der Waals surface area contributed by atoms with E-state index in [2.05, 4.69) is 21.2 Å². The van der Waals surface area contributed by atoms with Gasteiger partial charge in [-0.3, -0.25) is 9.59 Å². The molecule has 0 bridgehead atoms. The van der Waals surface area contributed by atoms with Gasteiger partial charge in [-0.05, 0) is 25.1 Å². The van der Waals surface area contributed by atoms with Crippen molar-refractivity contribution in [2.24, 2.45) is 0 Å². The summed E-state index contributed by atoms with van der Waals surface area (Å²) >= 11 is 3.35. The Hall–Kier alpha value is -1.11. The number of hydrogen-bond acceptors (Lipinski definition) is 4. The van der Waals surface area contributed by atoms with E-state index in [-0.39, 0.29) is 43.0 Å². The van der Waals surface area contributed by atoms with Gasteiger partial charge >= 0.3 is 0 Å². The van der Waals surface area contributed by atoms with E-state index in [0.29, 0.717) is 17.9 Å². The highest BCUT2D eigenvalue weighted by Crippen LogP contribution is 2.24. The van der Waals surface area contributed by atoms with E-state index in [1.165, 1.54) is 7.11 Å². The summed E-state index contributed by atoms with van der Waals surface area (Å²) in [6.07, 6.45) is 0.432. The highest BCUT2D eigenvalue weighted by atomic mass is 79.9. The summed E-state index contributed by atoms with van der Waals surface area (Å²) in [5.41, 5.74) is 0.512. The predicted octanol–water partition coefficient (Wildman–Crippen LogP) is 2.66.